The molecule has 1 saturated heterocycles. The first-order valence-electron chi connectivity index (χ1n) is 13.7. The number of hydrogen-bond donors (Lipinski definition) is 1. The Balaban J connectivity index is 1.39. The van der Waals surface area contributed by atoms with Gasteiger partial charge in [0, 0.05) is 40.8 Å². The van der Waals surface area contributed by atoms with Crippen LogP contribution in [0.25, 0.3) is 22.0 Å². The lowest BCUT2D eigenvalue weighted by Crippen LogP contribution is -2.36. The van der Waals surface area contributed by atoms with Crippen molar-refractivity contribution >= 4 is 34.0 Å². The molecule has 1 saturated carbocycles. The molecule has 6 heteroatoms. The van der Waals surface area contributed by atoms with Gasteiger partial charge >= 0.3 is 0 Å². The fraction of sp³-hybridized carbons (Fsp3) is 0.484. The van der Waals surface area contributed by atoms with Crippen molar-refractivity contribution in [3.05, 3.63) is 58.5 Å². The SMILES string of the molecule is CC[C@@H]1CCCN1C[C@H]1CC[C@H](Nc2c(C(C)=O)cnc3ccc(-c4cc(F)c(C)c(Cl)c4)cc23)CC1. The van der Waals surface area contributed by atoms with E-state index in [-0.39, 0.29) is 11.6 Å². The Morgan fingerprint density at radius 1 is 1.14 bits per heavy atom. The lowest BCUT2D eigenvalue weighted by molar-refractivity contribution is 0.101. The molecule has 196 valence electrons. The van der Waals surface area contributed by atoms with E-state index in [4.69, 9.17) is 11.6 Å². The van der Waals surface area contributed by atoms with Crippen LogP contribution < -0.4 is 5.32 Å². The van der Waals surface area contributed by atoms with Crippen LogP contribution in [0.15, 0.2) is 36.5 Å². The fourth-order valence-electron chi connectivity index (χ4n) is 6.23. The number of nitrogens with one attached hydrogen (secondary N) is 1. The molecule has 1 aliphatic heterocycles. The first-order valence-corrected chi connectivity index (χ1v) is 14.1. The average molecular weight is 522 g/mol. The van der Waals surface area contributed by atoms with Crippen molar-refractivity contribution in [3.63, 3.8) is 0 Å². The minimum atomic E-state index is -0.326. The minimum Gasteiger partial charge on any atom is -0.381 e. The standard InChI is InChI=1S/C31H37ClFN3O/c1-4-25-6-5-13-36(25)18-21-7-10-24(11-8-21)35-31-26-14-22(23-15-28(32)19(2)29(33)16-23)9-12-30(26)34-17-27(31)20(3)37/h9,12,14-17,21,24-25H,4-8,10-11,13,18H2,1-3H3,(H,34,35)/t21-,24-,25-/m1/s1. The smallest absolute Gasteiger partial charge is 0.163 e. The number of carbonyl (C=O) groups excluding carboxylic acids is 1. The maximum absolute atomic E-state index is 14.4. The number of pyridine rings is 1. The molecular formula is C31H37ClFN3O. The Labute approximate surface area is 224 Å². The number of likely N-dealkylation sites (tertiary alicyclic amines) is 1. The van der Waals surface area contributed by atoms with Crippen molar-refractivity contribution in [3.8, 4) is 11.1 Å². The molecule has 3 aromatic rings. The molecule has 1 atom stereocenters. The second kappa shape index (κ2) is 11.1. The van der Waals surface area contributed by atoms with Crippen LogP contribution >= 0.6 is 11.6 Å². The van der Waals surface area contributed by atoms with Crippen LogP contribution in [-0.4, -0.2) is 40.8 Å². The van der Waals surface area contributed by atoms with E-state index >= 15 is 0 Å². The third kappa shape index (κ3) is 5.53. The van der Waals surface area contributed by atoms with Gasteiger partial charge in [-0.1, -0.05) is 24.6 Å². The number of aromatic nitrogens is 1. The molecule has 1 N–H and O–H groups in total. The van der Waals surface area contributed by atoms with Crippen LogP contribution in [0, 0.1) is 18.7 Å². The highest BCUT2D eigenvalue weighted by Gasteiger charge is 2.29. The topological polar surface area (TPSA) is 45.2 Å². The van der Waals surface area contributed by atoms with Gasteiger partial charge < -0.3 is 10.2 Å². The number of rotatable bonds is 7. The summed E-state index contributed by atoms with van der Waals surface area (Å²) in [6.45, 7) is 8.05. The van der Waals surface area contributed by atoms with Gasteiger partial charge in [-0.05, 0) is 107 Å². The van der Waals surface area contributed by atoms with Gasteiger partial charge in [0.05, 0.1) is 16.8 Å². The van der Waals surface area contributed by atoms with Crippen molar-refractivity contribution in [2.24, 2.45) is 5.92 Å². The zero-order valence-corrected chi connectivity index (χ0v) is 22.9. The van der Waals surface area contributed by atoms with Gasteiger partial charge in [0.15, 0.2) is 5.78 Å². The van der Waals surface area contributed by atoms with Gasteiger partial charge in [-0.3, -0.25) is 9.78 Å². The molecule has 0 spiro atoms. The number of halogens is 2. The van der Waals surface area contributed by atoms with Gasteiger partial charge in [-0.25, -0.2) is 4.39 Å². The number of anilines is 1. The molecule has 0 radical (unpaired) electrons. The molecule has 2 fully saturated rings. The Hall–Kier alpha value is -2.50. The Morgan fingerprint density at radius 2 is 1.92 bits per heavy atom. The number of benzene rings is 2. The van der Waals surface area contributed by atoms with Gasteiger partial charge in [0.1, 0.15) is 5.82 Å². The van der Waals surface area contributed by atoms with Gasteiger partial charge in [-0.15, -0.1) is 0 Å². The van der Waals surface area contributed by atoms with E-state index in [0.717, 1.165) is 47.0 Å². The molecule has 5 rings (SSSR count). The van der Waals surface area contributed by atoms with Gasteiger partial charge in [0.2, 0.25) is 0 Å². The molecular weight excluding hydrogens is 485 g/mol. The van der Waals surface area contributed by atoms with Crippen molar-refractivity contribution < 1.29 is 9.18 Å². The molecule has 37 heavy (non-hydrogen) atoms. The van der Waals surface area contributed by atoms with Gasteiger partial charge in [0.25, 0.3) is 0 Å². The molecule has 2 aromatic carbocycles. The number of ketones is 1. The number of fused-ring (bicyclic) bond motifs is 1. The summed E-state index contributed by atoms with van der Waals surface area (Å²) in [5.74, 6) is 0.409. The van der Waals surface area contributed by atoms with Crippen molar-refractivity contribution in [1.29, 1.82) is 0 Å². The van der Waals surface area contributed by atoms with E-state index < -0.39 is 0 Å². The first kappa shape index (κ1) is 26.1. The Bertz CT molecular complexity index is 1280. The number of Topliss-reactive ketones (excluding diaryl/α,β-unsaturated/α-hetero) is 1. The van der Waals surface area contributed by atoms with Crippen LogP contribution in [-0.2, 0) is 0 Å². The van der Waals surface area contributed by atoms with Crippen LogP contribution in [0.4, 0.5) is 10.1 Å². The zero-order chi connectivity index (χ0) is 26.1. The third-order valence-corrected chi connectivity index (χ3v) is 8.91. The Kier molecular flexibility index (Phi) is 7.83. The van der Waals surface area contributed by atoms with Crippen LogP contribution in [0.2, 0.25) is 5.02 Å². The maximum Gasteiger partial charge on any atom is 0.163 e. The summed E-state index contributed by atoms with van der Waals surface area (Å²) in [5, 5.41) is 5.03. The summed E-state index contributed by atoms with van der Waals surface area (Å²) in [7, 11) is 0. The predicted octanol–water partition coefficient (Wildman–Crippen LogP) is 8.05. The van der Waals surface area contributed by atoms with E-state index in [1.807, 2.05) is 18.2 Å². The largest absolute Gasteiger partial charge is 0.381 e. The summed E-state index contributed by atoms with van der Waals surface area (Å²) in [4.78, 5) is 19.9. The van der Waals surface area contributed by atoms with Crippen molar-refractivity contribution in [2.45, 2.75) is 77.8 Å². The molecule has 0 unspecified atom stereocenters. The molecule has 1 aromatic heterocycles. The second-order valence-corrected chi connectivity index (χ2v) is 11.4. The van der Waals surface area contributed by atoms with Crippen molar-refractivity contribution in [1.82, 2.24) is 9.88 Å². The summed E-state index contributed by atoms with van der Waals surface area (Å²) in [6, 6.07) is 10.3. The van der Waals surface area contributed by atoms with Crippen LogP contribution in [0.5, 0.6) is 0 Å². The maximum atomic E-state index is 14.4. The molecule has 4 nitrogen and oxygen atoms in total. The minimum absolute atomic E-state index is 0.0138. The molecule has 2 heterocycles. The quantitative estimate of drug-likeness (QED) is 0.319. The van der Waals surface area contributed by atoms with E-state index in [1.54, 1.807) is 26.1 Å². The summed E-state index contributed by atoms with van der Waals surface area (Å²) < 4.78 is 14.4. The highest BCUT2D eigenvalue weighted by molar-refractivity contribution is 6.31. The van der Waals surface area contributed by atoms with Gasteiger partial charge in [-0.2, -0.15) is 0 Å². The molecule has 1 aliphatic carbocycles. The number of carbonyl (C=O) groups is 1. The van der Waals surface area contributed by atoms with Crippen LogP contribution in [0.3, 0.4) is 0 Å². The van der Waals surface area contributed by atoms with E-state index in [0.29, 0.717) is 27.8 Å². The summed E-state index contributed by atoms with van der Waals surface area (Å²) >= 11 is 6.28. The lowest BCUT2D eigenvalue weighted by Gasteiger charge is -2.34. The van der Waals surface area contributed by atoms with Crippen LogP contribution in [0.1, 0.15) is 74.7 Å². The molecule has 0 amide bonds. The van der Waals surface area contributed by atoms with E-state index in [1.165, 1.54) is 51.3 Å². The molecule has 0 bridgehead atoms. The normalized spacial score (nSPS) is 22.5. The lowest BCUT2D eigenvalue weighted by atomic mass is 9.85. The fourth-order valence-corrected chi connectivity index (χ4v) is 6.44. The number of nitrogens with zero attached hydrogens (tertiary/aromatic N) is 2. The highest BCUT2D eigenvalue weighted by Crippen LogP contribution is 2.36. The third-order valence-electron chi connectivity index (χ3n) is 8.52. The summed E-state index contributed by atoms with van der Waals surface area (Å²) in [5.41, 5.74) is 4.25. The number of hydrogen-bond acceptors (Lipinski definition) is 4. The monoisotopic (exact) mass is 521 g/mol. The summed E-state index contributed by atoms with van der Waals surface area (Å²) in [6.07, 6.45) is 10.2. The van der Waals surface area contributed by atoms with Crippen molar-refractivity contribution in [2.75, 3.05) is 18.4 Å². The van der Waals surface area contributed by atoms with E-state index in [9.17, 15) is 9.18 Å². The zero-order valence-electron chi connectivity index (χ0n) is 22.1. The second-order valence-electron chi connectivity index (χ2n) is 11.0. The molecule has 2 aliphatic rings. The first-order chi connectivity index (χ1) is 17.8. The van der Waals surface area contributed by atoms with E-state index in [2.05, 4.69) is 22.1 Å². The average Bonchev–Trinajstić information content (AvgIpc) is 3.34. The predicted molar refractivity (Wildman–Crippen MR) is 151 cm³/mol. The Morgan fingerprint density at radius 3 is 2.62 bits per heavy atom. The highest BCUT2D eigenvalue weighted by atomic mass is 35.5.